The molecule has 5 atom stereocenters. The molecule has 0 amide bonds. The van der Waals surface area contributed by atoms with Crippen molar-refractivity contribution in [3.63, 3.8) is 0 Å². The van der Waals surface area contributed by atoms with E-state index in [0.29, 0.717) is 11.8 Å². The van der Waals surface area contributed by atoms with Crippen LogP contribution in [0.4, 0.5) is 0 Å². The van der Waals surface area contributed by atoms with Gasteiger partial charge in [-0.3, -0.25) is 4.98 Å². The summed E-state index contributed by atoms with van der Waals surface area (Å²) in [4.78, 5) is 4.37. The summed E-state index contributed by atoms with van der Waals surface area (Å²) in [5, 5.41) is 2.53. The summed E-state index contributed by atoms with van der Waals surface area (Å²) < 4.78 is 19.7. The molecule has 6 aliphatic rings. The van der Waals surface area contributed by atoms with Gasteiger partial charge in [0.1, 0.15) is 0 Å². The molecule has 8 rings (SSSR count). The third kappa shape index (κ3) is 2.47. The maximum Gasteiger partial charge on any atom is 0.171 e. The molecule has 4 heteroatoms. The molecule has 34 heavy (non-hydrogen) atoms. The smallest absolute Gasteiger partial charge is 0.171 e. The van der Waals surface area contributed by atoms with Crippen molar-refractivity contribution in [2.24, 2.45) is 11.3 Å². The van der Waals surface area contributed by atoms with E-state index in [2.05, 4.69) is 48.3 Å². The highest BCUT2D eigenvalue weighted by Crippen LogP contribution is 2.69. The van der Waals surface area contributed by atoms with Crippen LogP contribution in [-0.2, 0) is 14.2 Å². The van der Waals surface area contributed by atoms with Crippen LogP contribution in [0.15, 0.2) is 60.0 Å². The minimum absolute atomic E-state index is 0.138. The van der Waals surface area contributed by atoms with E-state index in [1.165, 1.54) is 40.3 Å². The van der Waals surface area contributed by atoms with E-state index in [-0.39, 0.29) is 16.6 Å². The fourth-order valence-corrected chi connectivity index (χ4v) is 9.00. The number of aromatic nitrogens is 1. The zero-order chi connectivity index (χ0) is 22.6. The highest BCUT2D eigenvalue weighted by molar-refractivity contribution is 5.82. The van der Waals surface area contributed by atoms with Crippen molar-refractivity contribution in [2.75, 3.05) is 13.2 Å². The molecule has 4 fully saturated rings. The highest BCUT2D eigenvalue weighted by Gasteiger charge is 2.68. The third-order valence-electron chi connectivity index (χ3n) is 10.6. The third-order valence-corrected chi connectivity index (χ3v) is 10.6. The first-order valence-corrected chi connectivity index (χ1v) is 13.3. The normalized spacial score (nSPS) is 41.7. The average molecular weight is 456 g/mol. The second-order valence-corrected chi connectivity index (χ2v) is 12.0. The van der Waals surface area contributed by atoms with Gasteiger partial charge in [-0.15, -0.1) is 0 Å². The Bertz CT molecular complexity index is 1260. The molecule has 0 radical (unpaired) electrons. The first-order chi connectivity index (χ1) is 16.5. The van der Waals surface area contributed by atoms with Crippen LogP contribution in [0.2, 0.25) is 0 Å². The van der Waals surface area contributed by atoms with Gasteiger partial charge in [0.2, 0.25) is 0 Å². The first-order valence-electron chi connectivity index (χ1n) is 13.3. The van der Waals surface area contributed by atoms with Gasteiger partial charge in [0, 0.05) is 30.6 Å². The summed E-state index contributed by atoms with van der Waals surface area (Å²) in [6.07, 6.45) is 17.7. The Morgan fingerprint density at radius 1 is 1.00 bits per heavy atom. The molecule has 0 N–H and O–H groups in total. The number of benzene rings is 1. The van der Waals surface area contributed by atoms with Gasteiger partial charge >= 0.3 is 0 Å². The SMILES string of the molecule is C[C@]12CC=C3C=C4CCC5(C[C@]46CC[C@]3(O6)[C@@H]1CC[C@@H]2c1ccc2ccncc2c1)OCCO5. The number of allylic oxidation sites excluding steroid dienone is 1. The largest absolute Gasteiger partial charge is 0.359 e. The van der Waals surface area contributed by atoms with Crippen molar-refractivity contribution in [3.8, 4) is 0 Å². The zero-order valence-corrected chi connectivity index (χ0v) is 20.0. The predicted molar refractivity (Wildman–Crippen MR) is 130 cm³/mol. The Morgan fingerprint density at radius 3 is 2.82 bits per heavy atom. The van der Waals surface area contributed by atoms with Crippen molar-refractivity contribution >= 4 is 10.8 Å². The Balaban J connectivity index is 1.18. The van der Waals surface area contributed by atoms with Gasteiger partial charge in [-0.2, -0.15) is 0 Å². The molecule has 2 saturated carbocycles. The number of fused-ring (bicyclic) bond motifs is 2. The molecule has 176 valence electrons. The number of hydrogen-bond acceptors (Lipinski definition) is 4. The monoisotopic (exact) mass is 455 g/mol. The molecule has 0 unspecified atom stereocenters. The number of hydrogen-bond donors (Lipinski definition) is 0. The molecular formula is C30H33NO3. The second-order valence-electron chi connectivity index (χ2n) is 12.0. The van der Waals surface area contributed by atoms with Crippen molar-refractivity contribution in [1.29, 1.82) is 0 Å². The Labute approximate surface area is 201 Å². The lowest BCUT2D eigenvalue weighted by molar-refractivity contribution is -0.226. The van der Waals surface area contributed by atoms with E-state index in [1.54, 1.807) is 0 Å². The number of ether oxygens (including phenoxy) is 3. The molecule has 1 aromatic carbocycles. The Hall–Kier alpha value is -2.01. The number of rotatable bonds is 1. The minimum atomic E-state index is -0.417. The highest BCUT2D eigenvalue weighted by atomic mass is 16.7. The fourth-order valence-electron chi connectivity index (χ4n) is 9.00. The summed E-state index contributed by atoms with van der Waals surface area (Å²) in [6, 6.07) is 9.16. The molecule has 2 saturated heterocycles. The summed E-state index contributed by atoms with van der Waals surface area (Å²) >= 11 is 0. The lowest BCUT2D eigenvalue weighted by Gasteiger charge is -2.55. The van der Waals surface area contributed by atoms with E-state index in [0.717, 1.165) is 51.7 Å². The van der Waals surface area contributed by atoms with Crippen molar-refractivity contribution in [2.45, 2.75) is 81.2 Å². The first kappa shape index (κ1) is 20.2. The molecule has 2 bridgehead atoms. The van der Waals surface area contributed by atoms with Gasteiger partial charge in [0.25, 0.3) is 0 Å². The fraction of sp³-hybridized carbons (Fsp3) is 0.567. The van der Waals surface area contributed by atoms with Gasteiger partial charge < -0.3 is 14.2 Å². The second kappa shape index (κ2) is 6.60. The van der Waals surface area contributed by atoms with Crippen LogP contribution in [-0.4, -0.2) is 35.2 Å². The van der Waals surface area contributed by atoms with Crippen molar-refractivity contribution < 1.29 is 14.2 Å². The van der Waals surface area contributed by atoms with Crippen LogP contribution in [0.25, 0.3) is 10.8 Å². The predicted octanol–water partition coefficient (Wildman–Crippen LogP) is 6.22. The number of nitrogens with zero attached hydrogens (tertiary/aromatic N) is 1. The van der Waals surface area contributed by atoms with Crippen LogP contribution >= 0.6 is 0 Å². The maximum atomic E-state index is 7.39. The minimum Gasteiger partial charge on any atom is -0.359 e. The van der Waals surface area contributed by atoms with E-state index >= 15 is 0 Å². The van der Waals surface area contributed by atoms with Gasteiger partial charge in [-0.1, -0.05) is 31.2 Å². The van der Waals surface area contributed by atoms with Crippen LogP contribution in [0, 0.1) is 11.3 Å². The summed E-state index contributed by atoms with van der Waals surface area (Å²) in [6.45, 7) is 3.98. The van der Waals surface area contributed by atoms with E-state index < -0.39 is 5.79 Å². The van der Waals surface area contributed by atoms with E-state index in [1.807, 2.05) is 12.4 Å². The van der Waals surface area contributed by atoms with E-state index in [9.17, 15) is 0 Å². The lowest BCUT2D eigenvalue weighted by Crippen LogP contribution is -2.56. The molecule has 4 heterocycles. The molecule has 3 aliphatic carbocycles. The molecule has 3 spiro atoms. The molecule has 4 nitrogen and oxygen atoms in total. The summed E-state index contributed by atoms with van der Waals surface area (Å²) in [5.74, 6) is 0.688. The summed E-state index contributed by atoms with van der Waals surface area (Å²) in [7, 11) is 0. The molecule has 2 aromatic rings. The number of pyridine rings is 1. The van der Waals surface area contributed by atoms with Gasteiger partial charge in [0.05, 0.1) is 24.4 Å². The Morgan fingerprint density at radius 2 is 1.91 bits per heavy atom. The zero-order valence-electron chi connectivity index (χ0n) is 20.0. The van der Waals surface area contributed by atoms with Crippen LogP contribution in [0.3, 0.4) is 0 Å². The van der Waals surface area contributed by atoms with Crippen molar-refractivity contribution in [3.05, 3.63) is 65.5 Å². The van der Waals surface area contributed by atoms with Crippen LogP contribution in [0.1, 0.15) is 69.8 Å². The van der Waals surface area contributed by atoms with Gasteiger partial charge in [-0.25, -0.2) is 0 Å². The van der Waals surface area contributed by atoms with Gasteiger partial charge in [0.15, 0.2) is 5.79 Å². The maximum absolute atomic E-state index is 7.39. The average Bonchev–Trinajstić information content (AvgIpc) is 3.53. The van der Waals surface area contributed by atoms with Crippen LogP contribution < -0.4 is 0 Å². The molecular weight excluding hydrogens is 422 g/mol. The quantitative estimate of drug-likeness (QED) is 0.512. The molecule has 1 aromatic heterocycles. The topological polar surface area (TPSA) is 40.6 Å². The Kier molecular flexibility index (Phi) is 3.92. The van der Waals surface area contributed by atoms with E-state index in [4.69, 9.17) is 14.2 Å². The van der Waals surface area contributed by atoms with Gasteiger partial charge in [-0.05, 0) is 90.0 Å². The lowest BCUT2D eigenvalue weighted by atomic mass is 9.58. The van der Waals surface area contributed by atoms with Crippen molar-refractivity contribution in [1.82, 2.24) is 4.98 Å². The standard InChI is InChI=1S/C30H33NO3/c1-27-9-6-24-17-23-7-10-29(32-14-15-33-29)19-28(23)11-12-30(24,34-28)26(27)5-4-25(27)21-3-2-20-8-13-31-18-22(20)16-21/h2-3,6,8,13,16-18,25-26H,4-5,7,9-12,14-15,19H2,1H3/t25-,26-,27-,28-,30-/m1/s1. The molecule has 3 aliphatic heterocycles. The van der Waals surface area contributed by atoms with Crippen LogP contribution in [0.5, 0.6) is 0 Å². The summed E-state index contributed by atoms with van der Waals surface area (Å²) in [5.41, 5.74) is 4.33.